The lowest BCUT2D eigenvalue weighted by Gasteiger charge is -2.46. The molecule has 0 radical (unpaired) electrons. The number of hydrogen-bond donors (Lipinski definition) is 9. The van der Waals surface area contributed by atoms with Crippen molar-refractivity contribution in [1.82, 2.24) is 5.32 Å². The second kappa shape index (κ2) is 45.3. The number of aliphatic hydroxyl groups excluding tert-OH is 8. The molecule has 0 aromatic heterocycles. The van der Waals surface area contributed by atoms with Gasteiger partial charge in [-0.25, -0.2) is 0 Å². The predicted molar refractivity (Wildman–Crippen MR) is 291 cm³/mol. The summed E-state index contributed by atoms with van der Waals surface area (Å²) in [4.78, 5) is 13.2. The number of amides is 1. The first-order chi connectivity index (χ1) is 35.6. The standard InChI is InChI=1S/C59H109NO13/c1-3-5-7-9-11-13-15-17-19-21-23-25-26-28-30-32-34-36-38-40-42-48(63)47(60-51(64)43-41-39-37-35-33-31-29-27-24-22-20-18-16-14-12-10-8-6-4-2)46-70-58-56(69)54(67)57(50(45-62)72-58)73-59-55(68)53(66)52(65)49(44-61)71-59/h18,20,32,34,40,42,47-50,52-59,61-63,65-69H,3-17,19,21-31,33,35-39,41,43-46H2,1-2H3,(H,60,64)/b20-18-,34-32+,42-40+. The molecule has 2 aliphatic heterocycles. The Hall–Kier alpha value is -1.79. The summed E-state index contributed by atoms with van der Waals surface area (Å²) in [7, 11) is 0. The Balaban J connectivity index is 1.79. The van der Waals surface area contributed by atoms with Crippen molar-refractivity contribution in [3.8, 4) is 0 Å². The molecule has 0 aromatic carbocycles. The molecule has 0 saturated carbocycles. The van der Waals surface area contributed by atoms with Crippen molar-refractivity contribution in [2.45, 2.75) is 312 Å². The summed E-state index contributed by atoms with van der Waals surface area (Å²) in [6, 6.07) is -0.931. The van der Waals surface area contributed by atoms with Gasteiger partial charge in [-0.05, 0) is 57.8 Å². The fraction of sp³-hybridized carbons (Fsp3) is 0.881. The van der Waals surface area contributed by atoms with E-state index in [1.165, 1.54) is 173 Å². The molecule has 12 unspecified atom stereocenters. The van der Waals surface area contributed by atoms with E-state index < -0.39 is 86.8 Å². The third kappa shape index (κ3) is 31.3. The minimum atomic E-state index is -1.79. The number of aliphatic hydroxyl groups is 8. The first-order valence-electron chi connectivity index (χ1n) is 29.7. The molecule has 14 heteroatoms. The van der Waals surface area contributed by atoms with Crippen LogP contribution < -0.4 is 5.32 Å². The lowest BCUT2D eigenvalue weighted by atomic mass is 9.97. The van der Waals surface area contributed by atoms with Crippen LogP contribution in [0.15, 0.2) is 36.5 Å². The normalized spacial score (nSPS) is 25.6. The Morgan fingerprint density at radius 3 is 1.34 bits per heavy atom. The molecule has 0 bridgehead atoms. The van der Waals surface area contributed by atoms with Gasteiger partial charge < -0.3 is 65.1 Å². The van der Waals surface area contributed by atoms with Crippen LogP contribution in [0.3, 0.4) is 0 Å². The maximum atomic E-state index is 13.2. The van der Waals surface area contributed by atoms with Crippen molar-refractivity contribution in [2.24, 2.45) is 0 Å². The summed E-state index contributed by atoms with van der Waals surface area (Å²) < 4.78 is 22.8. The molecule has 2 heterocycles. The maximum absolute atomic E-state index is 13.2. The fourth-order valence-electron chi connectivity index (χ4n) is 9.71. The topological polar surface area (TPSA) is 228 Å². The summed E-state index contributed by atoms with van der Waals surface area (Å²) >= 11 is 0. The third-order valence-corrected chi connectivity index (χ3v) is 14.5. The van der Waals surface area contributed by atoms with Crippen LogP contribution in [0.1, 0.15) is 239 Å². The van der Waals surface area contributed by atoms with Gasteiger partial charge in [0.15, 0.2) is 12.6 Å². The van der Waals surface area contributed by atoms with Gasteiger partial charge in [-0.1, -0.05) is 211 Å². The van der Waals surface area contributed by atoms with E-state index in [0.29, 0.717) is 12.8 Å². The van der Waals surface area contributed by atoms with Gasteiger partial charge in [0.05, 0.1) is 32.0 Å². The van der Waals surface area contributed by atoms with Gasteiger partial charge in [0.2, 0.25) is 5.91 Å². The number of rotatable bonds is 47. The minimum Gasteiger partial charge on any atom is -0.394 e. The summed E-state index contributed by atoms with van der Waals surface area (Å²) in [6.07, 6.45) is 37.5. The lowest BCUT2D eigenvalue weighted by Crippen LogP contribution is -2.65. The number of hydrogen-bond acceptors (Lipinski definition) is 13. The van der Waals surface area contributed by atoms with E-state index >= 15 is 0 Å². The Bertz CT molecular complexity index is 1370. The Kier molecular flexibility index (Phi) is 41.7. The molecule has 1 amide bonds. The van der Waals surface area contributed by atoms with Crippen LogP contribution in [0, 0.1) is 0 Å². The van der Waals surface area contributed by atoms with Crippen LogP contribution in [0.2, 0.25) is 0 Å². The van der Waals surface area contributed by atoms with Gasteiger partial charge in [-0.3, -0.25) is 4.79 Å². The van der Waals surface area contributed by atoms with Crippen molar-refractivity contribution in [2.75, 3.05) is 19.8 Å². The molecule has 9 N–H and O–H groups in total. The first-order valence-corrected chi connectivity index (χ1v) is 29.7. The first kappa shape index (κ1) is 67.3. The number of carbonyl (C=O) groups excluding carboxylic acids is 1. The average Bonchev–Trinajstić information content (AvgIpc) is 3.39. The fourth-order valence-corrected chi connectivity index (χ4v) is 9.71. The molecule has 14 nitrogen and oxygen atoms in total. The van der Waals surface area contributed by atoms with E-state index in [9.17, 15) is 45.6 Å². The van der Waals surface area contributed by atoms with Crippen molar-refractivity contribution < 1.29 is 64.6 Å². The number of ether oxygens (including phenoxy) is 4. The Morgan fingerprint density at radius 1 is 0.479 bits per heavy atom. The van der Waals surface area contributed by atoms with Crippen LogP contribution in [0.25, 0.3) is 0 Å². The average molecular weight is 1040 g/mol. The molecule has 2 saturated heterocycles. The van der Waals surface area contributed by atoms with E-state index in [1.807, 2.05) is 6.08 Å². The number of allylic oxidation sites excluding steroid dienone is 5. The Morgan fingerprint density at radius 2 is 0.877 bits per heavy atom. The van der Waals surface area contributed by atoms with Crippen molar-refractivity contribution in [3.63, 3.8) is 0 Å². The lowest BCUT2D eigenvalue weighted by molar-refractivity contribution is -0.359. The molecule has 2 aliphatic rings. The molecule has 2 fully saturated rings. The summed E-state index contributed by atoms with van der Waals surface area (Å²) in [5.41, 5.74) is 0. The second-order valence-corrected chi connectivity index (χ2v) is 21.1. The molecule has 0 aromatic rings. The molecule has 12 atom stereocenters. The number of nitrogens with one attached hydrogen (secondary N) is 1. The molecule has 73 heavy (non-hydrogen) atoms. The van der Waals surface area contributed by atoms with Crippen molar-refractivity contribution in [3.05, 3.63) is 36.5 Å². The van der Waals surface area contributed by atoms with Gasteiger partial charge in [0, 0.05) is 6.42 Å². The highest BCUT2D eigenvalue weighted by atomic mass is 16.7. The SMILES string of the molecule is CCCCCCCC/C=C\CCCCCCCCCCCC(=O)NC(COC1OC(CO)C(OC2OC(CO)C(O)C(O)C2O)C(O)C1O)C(O)/C=C/CC/C=C/CCCCCCCCCCCCCCCC. The van der Waals surface area contributed by atoms with Crippen LogP contribution in [-0.4, -0.2) is 140 Å². The summed E-state index contributed by atoms with van der Waals surface area (Å²) in [5, 5.41) is 87.0. The molecule has 428 valence electrons. The van der Waals surface area contributed by atoms with Gasteiger partial charge in [0.25, 0.3) is 0 Å². The monoisotopic (exact) mass is 1040 g/mol. The molecule has 0 spiro atoms. The van der Waals surface area contributed by atoms with E-state index in [0.717, 1.165) is 32.1 Å². The number of carbonyl (C=O) groups is 1. The van der Waals surface area contributed by atoms with E-state index in [1.54, 1.807) is 6.08 Å². The highest BCUT2D eigenvalue weighted by Gasteiger charge is 2.51. The quantitative estimate of drug-likeness (QED) is 0.0205. The smallest absolute Gasteiger partial charge is 0.220 e. The highest BCUT2D eigenvalue weighted by Crippen LogP contribution is 2.30. The van der Waals surface area contributed by atoms with Gasteiger partial charge in [-0.15, -0.1) is 0 Å². The van der Waals surface area contributed by atoms with Gasteiger partial charge in [0.1, 0.15) is 48.8 Å². The molecular formula is C59H109NO13. The zero-order valence-electron chi connectivity index (χ0n) is 45.9. The van der Waals surface area contributed by atoms with E-state index in [2.05, 4.69) is 43.5 Å². The van der Waals surface area contributed by atoms with Crippen molar-refractivity contribution >= 4 is 5.91 Å². The number of unbranched alkanes of at least 4 members (excludes halogenated alkanes) is 30. The van der Waals surface area contributed by atoms with Crippen LogP contribution in [0.5, 0.6) is 0 Å². The van der Waals surface area contributed by atoms with Crippen LogP contribution in [-0.2, 0) is 23.7 Å². The zero-order valence-corrected chi connectivity index (χ0v) is 45.9. The van der Waals surface area contributed by atoms with E-state index in [4.69, 9.17) is 18.9 Å². The minimum absolute atomic E-state index is 0.250. The zero-order chi connectivity index (χ0) is 53.2. The predicted octanol–water partition coefficient (Wildman–Crippen LogP) is 9.83. The molecular weight excluding hydrogens is 931 g/mol. The summed E-state index contributed by atoms with van der Waals surface area (Å²) in [5.74, 6) is -0.250. The van der Waals surface area contributed by atoms with E-state index in [-0.39, 0.29) is 18.9 Å². The van der Waals surface area contributed by atoms with Gasteiger partial charge in [-0.2, -0.15) is 0 Å². The molecule has 0 aliphatic carbocycles. The maximum Gasteiger partial charge on any atom is 0.220 e. The Labute approximate surface area is 442 Å². The molecule has 2 rings (SSSR count). The van der Waals surface area contributed by atoms with Crippen molar-refractivity contribution in [1.29, 1.82) is 0 Å². The van der Waals surface area contributed by atoms with Crippen LogP contribution in [0.4, 0.5) is 0 Å². The highest BCUT2D eigenvalue weighted by molar-refractivity contribution is 5.76. The largest absolute Gasteiger partial charge is 0.394 e. The summed E-state index contributed by atoms with van der Waals surface area (Å²) in [6.45, 7) is 2.79. The van der Waals surface area contributed by atoms with Crippen LogP contribution >= 0.6 is 0 Å². The van der Waals surface area contributed by atoms with Gasteiger partial charge >= 0.3 is 0 Å². The second-order valence-electron chi connectivity index (χ2n) is 21.1. The third-order valence-electron chi connectivity index (χ3n) is 14.5.